The Labute approximate surface area is 196 Å². The van der Waals surface area contributed by atoms with E-state index in [-0.39, 0.29) is 13.2 Å². The highest BCUT2D eigenvalue weighted by atomic mass is 16.5. The third kappa shape index (κ3) is 4.40. The summed E-state index contributed by atoms with van der Waals surface area (Å²) >= 11 is 0. The summed E-state index contributed by atoms with van der Waals surface area (Å²) in [5.41, 5.74) is 9.78. The van der Waals surface area contributed by atoms with E-state index in [1.54, 1.807) is 0 Å². The second-order valence-corrected chi connectivity index (χ2v) is 8.75. The van der Waals surface area contributed by atoms with Crippen molar-refractivity contribution in [2.45, 2.75) is 53.9 Å². The minimum absolute atomic E-state index is 0.00338. The number of hydrogen-bond donors (Lipinski definition) is 1. The molecule has 0 saturated heterocycles. The molecule has 0 spiro atoms. The molecule has 172 valence electrons. The molecule has 0 fully saturated rings. The first-order valence-electron chi connectivity index (χ1n) is 11.9. The molecule has 4 nitrogen and oxygen atoms in total. The summed E-state index contributed by atoms with van der Waals surface area (Å²) in [6.07, 6.45) is 2.52. The fourth-order valence-electron chi connectivity index (χ4n) is 5.04. The molecule has 33 heavy (non-hydrogen) atoms. The first-order valence-corrected chi connectivity index (χ1v) is 11.9. The number of fused-ring (bicyclic) bond motifs is 1. The molecule has 0 atom stereocenters. The van der Waals surface area contributed by atoms with Crippen LogP contribution in [0.3, 0.4) is 0 Å². The van der Waals surface area contributed by atoms with Crippen molar-refractivity contribution in [3.8, 4) is 11.4 Å². The maximum atomic E-state index is 9.35. The minimum Gasteiger partial charge on any atom is -0.491 e. The van der Waals surface area contributed by atoms with E-state index < -0.39 is 0 Å². The SMILES string of the molecule is CCc1nn(-c2c(C)cc(C)cc2C)c(CC)c1Cc1c(OCCO)ccc2ccccc12. The molecular weight excluding hydrogens is 408 g/mol. The number of nitrogens with zero attached hydrogens (tertiary/aromatic N) is 2. The van der Waals surface area contributed by atoms with Gasteiger partial charge in [0.2, 0.25) is 0 Å². The lowest BCUT2D eigenvalue weighted by atomic mass is 9.95. The van der Waals surface area contributed by atoms with E-state index in [1.807, 2.05) is 6.07 Å². The van der Waals surface area contributed by atoms with Gasteiger partial charge in [-0.1, -0.05) is 61.9 Å². The van der Waals surface area contributed by atoms with E-state index >= 15 is 0 Å². The molecule has 0 saturated carbocycles. The van der Waals surface area contributed by atoms with Gasteiger partial charge in [0.05, 0.1) is 18.0 Å². The fraction of sp³-hybridized carbons (Fsp3) is 0.345. The van der Waals surface area contributed by atoms with E-state index in [1.165, 1.54) is 44.4 Å². The molecule has 0 amide bonds. The average molecular weight is 443 g/mol. The lowest BCUT2D eigenvalue weighted by Crippen LogP contribution is -2.08. The Balaban J connectivity index is 1.91. The standard InChI is InChI=1S/C29H34N2O2/c1-6-26-25(27(7-2)31(30-26)29-20(4)16-19(3)17-21(29)5)18-24-23-11-9-8-10-22(23)12-13-28(24)33-15-14-32/h8-13,16-17,32H,6-7,14-15,18H2,1-5H3. The molecule has 0 aliphatic carbocycles. The lowest BCUT2D eigenvalue weighted by Gasteiger charge is -2.16. The predicted molar refractivity (Wildman–Crippen MR) is 136 cm³/mol. The predicted octanol–water partition coefficient (Wildman–Crippen LogP) is 6.04. The van der Waals surface area contributed by atoms with Crippen LogP contribution in [0.2, 0.25) is 0 Å². The zero-order valence-electron chi connectivity index (χ0n) is 20.4. The Kier molecular flexibility index (Phi) is 6.85. The third-order valence-electron chi connectivity index (χ3n) is 6.39. The van der Waals surface area contributed by atoms with Crippen LogP contribution in [0.1, 0.15) is 53.1 Å². The largest absolute Gasteiger partial charge is 0.491 e. The molecule has 1 aromatic heterocycles. The number of aliphatic hydroxyl groups excluding tert-OH is 1. The zero-order chi connectivity index (χ0) is 23.5. The normalized spacial score (nSPS) is 11.3. The molecule has 1 N–H and O–H groups in total. The monoisotopic (exact) mass is 442 g/mol. The van der Waals surface area contributed by atoms with E-state index in [2.05, 4.69) is 81.8 Å². The highest BCUT2D eigenvalue weighted by Gasteiger charge is 2.21. The molecule has 0 unspecified atom stereocenters. The van der Waals surface area contributed by atoms with Crippen LogP contribution in [0.15, 0.2) is 48.5 Å². The summed E-state index contributed by atoms with van der Waals surface area (Å²) in [4.78, 5) is 0. The summed E-state index contributed by atoms with van der Waals surface area (Å²) in [6, 6.07) is 17.0. The van der Waals surface area contributed by atoms with Gasteiger partial charge in [-0.25, -0.2) is 4.68 Å². The maximum Gasteiger partial charge on any atom is 0.123 e. The molecule has 4 aromatic rings. The molecule has 4 rings (SSSR count). The minimum atomic E-state index is -0.00338. The van der Waals surface area contributed by atoms with Crippen molar-refractivity contribution in [3.63, 3.8) is 0 Å². The van der Waals surface area contributed by atoms with Crippen molar-refractivity contribution in [2.75, 3.05) is 13.2 Å². The number of ether oxygens (including phenoxy) is 1. The Bertz CT molecular complexity index is 1260. The van der Waals surface area contributed by atoms with Crippen LogP contribution < -0.4 is 4.74 Å². The molecular formula is C29H34N2O2. The van der Waals surface area contributed by atoms with Gasteiger partial charge in [0.15, 0.2) is 0 Å². The summed E-state index contributed by atoms with van der Waals surface area (Å²) in [7, 11) is 0. The first-order chi connectivity index (χ1) is 16.0. The summed E-state index contributed by atoms with van der Waals surface area (Å²) in [5.74, 6) is 0.835. The third-order valence-corrected chi connectivity index (χ3v) is 6.39. The van der Waals surface area contributed by atoms with Gasteiger partial charge in [-0.05, 0) is 61.6 Å². The zero-order valence-corrected chi connectivity index (χ0v) is 20.4. The van der Waals surface area contributed by atoms with Gasteiger partial charge < -0.3 is 9.84 Å². The average Bonchev–Trinajstić information content (AvgIpc) is 3.14. The van der Waals surface area contributed by atoms with Gasteiger partial charge in [0.25, 0.3) is 0 Å². The number of aliphatic hydroxyl groups is 1. The smallest absolute Gasteiger partial charge is 0.123 e. The number of aromatic nitrogens is 2. The molecule has 4 heteroatoms. The second kappa shape index (κ2) is 9.80. The molecule has 0 bridgehead atoms. The van der Waals surface area contributed by atoms with Gasteiger partial charge in [0, 0.05) is 23.2 Å². The summed E-state index contributed by atoms with van der Waals surface area (Å²) in [6.45, 7) is 11.2. The summed E-state index contributed by atoms with van der Waals surface area (Å²) < 4.78 is 8.16. The van der Waals surface area contributed by atoms with Crippen molar-refractivity contribution in [1.82, 2.24) is 9.78 Å². The van der Waals surface area contributed by atoms with Crippen LogP contribution in [-0.2, 0) is 19.3 Å². The van der Waals surface area contributed by atoms with Gasteiger partial charge in [-0.3, -0.25) is 0 Å². The Hall–Kier alpha value is -3.11. The lowest BCUT2D eigenvalue weighted by molar-refractivity contribution is 0.200. The van der Waals surface area contributed by atoms with E-state index in [0.29, 0.717) is 0 Å². The van der Waals surface area contributed by atoms with Crippen LogP contribution in [0.5, 0.6) is 5.75 Å². The van der Waals surface area contributed by atoms with Crippen molar-refractivity contribution < 1.29 is 9.84 Å². The van der Waals surface area contributed by atoms with Crippen molar-refractivity contribution >= 4 is 10.8 Å². The molecule has 1 heterocycles. The maximum absolute atomic E-state index is 9.35. The van der Waals surface area contributed by atoms with Crippen molar-refractivity contribution in [2.24, 2.45) is 0 Å². The Morgan fingerprint density at radius 3 is 2.30 bits per heavy atom. The fourth-order valence-corrected chi connectivity index (χ4v) is 5.04. The van der Waals surface area contributed by atoms with Crippen LogP contribution in [0.25, 0.3) is 16.5 Å². The van der Waals surface area contributed by atoms with Crippen LogP contribution in [0.4, 0.5) is 0 Å². The van der Waals surface area contributed by atoms with Gasteiger partial charge in [-0.15, -0.1) is 0 Å². The number of hydrogen-bond acceptors (Lipinski definition) is 3. The van der Waals surface area contributed by atoms with Gasteiger partial charge >= 0.3 is 0 Å². The van der Waals surface area contributed by atoms with E-state index in [9.17, 15) is 5.11 Å². The van der Waals surface area contributed by atoms with E-state index in [0.717, 1.165) is 36.3 Å². The van der Waals surface area contributed by atoms with Crippen molar-refractivity contribution in [1.29, 1.82) is 0 Å². The number of rotatable bonds is 8. The molecule has 0 aliphatic heterocycles. The van der Waals surface area contributed by atoms with Gasteiger partial charge in [-0.2, -0.15) is 5.10 Å². The number of benzene rings is 3. The molecule has 0 radical (unpaired) electrons. The number of aryl methyl sites for hydroxylation is 4. The quantitative estimate of drug-likeness (QED) is 0.362. The van der Waals surface area contributed by atoms with Crippen molar-refractivity contribution in [3.05, 3.63) is 87.7 Å². The van der Waals surface area contributed by atoms with E-state index in [4.69, 9.17) is 9.84 Å². The Morgan fingerprint density at radius 1 is 0.909 bits per heavy atom. The summed E-state index contributed by atoms with van der Waals surface area (Å²) in [5, 5.41) is 16.9. The molecule has 0 aliphatic rings. The van der Waals surface area contributed by atoms with Crippen LogP contribution in [-0.4, -0.2) is 28.1 Å². The topological polar surface area (TPSA) is 47.3 Å². The molecule has 3 aromatic carbocycles. The van der Waals surface area contributed by atoms with Crippen LogP contribution in [0, 0.1) is 20.8 Å². The highest BCUT2D eigenvalue weighted by Crippen LogP contribution is 2.34. The Morgan fingerprint density at radius 2 is 1.64 bits per heavy atom. The first kappa shape index (κ1) is 23.1. The van der Waals surface area contributed by atoms with Crippen LogP contribution >= 0.6 is 0 Å². The highest BCUT2D eigenvalue weighted by molar-refractivity contribution is 5.88. The second-order valence-electron chi connectivity index (χ2n) is 8.75. The van der Waals surface area contributed by atoms with Gasteiger partial charge in [0.1, 0.15) is 12.4 Å².